The third-order valence-corrected chi connectivity index (χ3v) is 6.37. The summed E-state index contributed by atoms with van der Waals surface area (Å²) in [6.45, 7) is 9.58. The van der Waals surface area contributed by atoms with Crippen LogP contribution < -0.4 is 15.5 Å². The molecule has 0 saturated heterocycles. The van der Waals surface area contributed by atoms with Crippen LogP contribution in [-0.2, 0) is 4.79 Å². The van der Waals surface area contributed by atoms with E-state index in [9.17, 15) is 4.79 Å². The normalized spacial score (nSPS) is 11.6. The van der Waals surface area contributed by atoms with Gasteiger partial charge in [0.15, 0.2) is 6.61 Å². The van der Waals surface area contributed by atoms with Gasteiger partial charge in [0.25, 0.3) is 5.91 Å². The number of aryl methyl sites for hydroxylation is 3. The summed E-state index contributed by atoms with van der Waals surface area (Å²) in [5.74, 6) is 0.174. The molecule has 0 spiro atoms. The van der Waals surface area contributed by atoms with E-state index in [1.807, 2.05) is 40.7 Å². The first kappa shape index (κ1) is 23.3. The number of carbonyl (C=O) groups excluding carboxylic acids is 1. The van der Waals surface area contributed by atoms with E-state index < -0.39 is 0 Å². The van der Waals surface area contributed by atoms with Crippen molar-refractivity contribution in [1.29, 1.82) is 0 Å². The van der Waals surface area contributed by atoms with Crippen LogP contribution in [0.5, 0.6) is 5.75 Å². The largest absolute Gasteiger partial charge is 0.482 e. The number of nitrogens with zero attached hydrogens (tertiary/aromatic N) is 2. The molecule has 0 unspecified atom stereocenters. The summed E-state index contributed by atoms with van der Waals surface area (Å²) in [5.41, 5.74) is 8.26. The number of hydrogen-bond donors (Lipinski definition) is 2. The molecule has 2 aromatic carbocycles. The fourth-order valence-corrected chi connectivity index (χ4v) is 4.58. The molecule has 3 aromatic rings. The summed E-state index contributed by atoms with van der Waals surface area (Å²) < 4.78 is 6.65. The zero-order valence-electron chi connectivity index (χ0n) is 18.0. The van der Waals surface area contributed by atoms with Gasteiger partial charge in [0, 0.05) is 16.4 Å². The summed E-state index contributed by atoms with van der Waals surface area (Å²) in [6, 6.07) is 5.29. The number of hydrogen-bond acceptors (Lipinski definition) is 6. The van der Waals surface area contributed by atoms with Crippen LogP contribution in [0.25, 0.3) is 10.2 Å². The maximum Gasteiger partial charge on any atom is 0.262 e. The van der Waals surface area contributed by atoms with Crippen LogP contribution in [0, 0.1) is 20.8 Å². The Morgan fingerprint density at radius 1 is 1.19 bits per heavy atom. The van der Waals surface area contributed by atoms with Gasteiger partial charge in [0.05, 0.1) is 15.2 Å². The van der Waals surface area contributed by atoms with Gasteiger partial charge >= 0.3 is 0 Å². The summed E-state index contributed by atoms with van der Waals surface area (Å²) >= 11 is 13.7. The summed E-state index contributed by atoms with van der Waals surface area (Å²) in [7, 11) is 0. The SMILES string of the molecule is CC/C(C)=N\Nc1nc2cc(C)c(NC(=O)COc3c(C)cc(Cl)cc3Cl)c(C)c2s1. The lowest BCUT2D eigenvalue weighted by Gasteiger charge is -2.14. The average molecular weight is 479 g/mol. The predicted molar refractivity (Wildman–Crippen MR) is 131 cm³/mol. The van der Waals surface area contributed by atoms with Crippen LogP contribution in [0.1, 0.15) is 37.0 Å². The second-order valence-corrected chi connectivity index (χ2v) is 9.09. The maximum atomic E-state index is 12.6. The van der Waals surface area contributed by atoms with Gasteiger partial charge in [-0.1, -0.05) is 41.5 Å². The topological polar surface area (TPSA) is 75.6 Å². The zero-order valence-corrected chi connectivity index (χ0v) is 20.3. The van der Waals surface area contributed by atoms with Gasteiger partial charge in [-0.3, -0.25) is 10.2 Å². The van der Waals surface area contributed by atoms with Gasteiger partial charge in [0.2, 0.25) is 5.13 Å². The van der Waals surface area contributed by atoms with Gasteiger partial charge in [-0.25, -0.2) is 4.98 Å². The third-order valence-electron chi connectivity index (χ3n) is 4.78. The van der Waals surface area contributed by atoms with Crippen molar-refractivity contribution in [2.45, 2.75) is 41.0 Å². The smallest absolute Gasteiger partial charge is 0.262 e. The van der Waals surface area contributed by atoms with Crippen molar-refractivity contribution in [3.05, 3.63) is 44.9 Å². The molecule has 6 nitrogen and oxygen atoms in total. The highest BCUT2D eigenvalue weighted by Crippen LogP contribution is 2.35. The van der Waals surface area contributed by atoms with E-state index in [1.54, 1.807) is 12.1 Å². The van der Waals surface area contributed by atoms with Gasteiger partial charge in [-0.2, -0.15) is 5.10 Å². The van der Waals surface area contributed by atoms with Gasteiger partial charge in [-0.15, -0.1) is 0 Å². The molecule has 0 aliphatic carbocycles. The van der Waals surface area contributed by atoms with E-state index in [-0.39, 0.29) is 12.5 Å². The zero-order chi connectivity index (χ0) is 22.7. The average Bonchev–Trinajstić information content (AvgIpc) is 3.11. The molecule has 0 aliphatic heterocycles. The predicted octanol–water partition coefficient (Wildman–Crippen LogP) is 6.74. The Labute approximate surface area is 195 Å². The molecule has 3 rings (SSSR count). The van der Waals surface area contributed by atoms with Crippen LogP contribution in [0.3, 0.4) is 0 Å². The Hall–Kier alpha value is -2.35. The van der Waals surface area contributed by atoms with Crippen molar-refractivity contribution in [2.24, 2.45) is 5.10 Å². The molecule has 1 amide bonds. The monoisotopic (exact) mass is 478 g/mol. The molecule has 9 heteroatoms. The lowest BCUT2D eigenvalue weighted by molar-refractivity contribution is -0.118. The van der Waals surface area contributed by atoms with Crippen molar-refractivity contribution in [3.8, 4) is 5.75 Å². The molecule has 0 atom stereocenters. The van der Waals surface area contributed by atoms with Crippen molar-refractivity contribution >= 4 is 67.2 Å². The van der Waals surface area contributed by atoms with E-state index in [2.05, 4.69) is 20.8 Å². The highest BCUT2D eigenvalue weighted by Gasteiger charge is 2.16. The first-order valence-corrected chi connectivity index (χ1v) is 11.3. The Morgan fingerprint density at radius 2 is 1.94 bits per heavy atom. The molecule has 31 heavy (non-hydrogen) atoms. The van der Waals surface area contributed by atoms with E-state index in [4.69, 9.17) is 27.9 Å². The van der Waals surface area contributed by atoms with Crippen molar-refractivity contribution in [1.82, 2.24) is 4.98 Å². The summed E-state index contributed by atoms with van der Waals surface area (Å²) in [6.07, 6.45) is 0.870. The lowest BCUT2D eigenvalue weighted by atomic mass is 10.1. The first-order valence-electron chi connectivity index (χ1n) is 9.77. The number of aromatic nitrogens is 1. The number of nitrogens with one attached hydrogen (secondary N) is 2. The number of anilines is 2. The van der Waals surface area contributed by atoms with E-state index in [0.717, 1.165) is 44.7 Å². The minimum absolute atomic E-state index is 0.167. The van der Waals surface area contributed by atoms with Crippen LogP contribution in [0.15, 0.2) is 23.3 Å². The van der Waals surface area contributed by atoms with Gasteiger partial charge in [0.1, 0.15) is 5.75 Å². The summed E-state index contributed by atoms with van der Waals surface area (Å²) in [4.78, 5) is 17.2. The quantitative estimate of drug-likeness (QED) is 0.291. The van der Waals surface area contributed by atoms with Crippen LogP contribution in [0.2, 0.25) is 10.0 Å². The minimum atomic E-state index is -0.276. The molecular formula is C22H24Cl2N4O2S. The Morgan fingerprint density at radius 3 is 2.61 bits per heavy atom. The number of ether oxygens (including phenoxy) is 1. The third kappa shape index (κ3) is 5.47. The number of carbonyl (C=O) groups is 1. The van der Waals surface area contributed by atoms with Crippen molar-refractivity contribution < 1.29 is 9.53 Å². The molecular weight excluding hydrogens is 455 g/mol. The molecule has 2 N–H and O–H groups in total. The van der Waals surface area contributed by atoms with Crippen molar-refractivity contribution in [3.63, 3.8) is 0 Å². The van der Waals surface area contributed by atoms with E-state index in [1.165, 1.54) is 11.3 Å². The fourth-order valence-electron chi connectivity index (χ4n) is 3.03. The Balaban J connectivity index is 1.77. The van der Waals surface area contributed by atoms with Crippen LogP contribution in [-0.4, -0.2) is 23.2 Å². The number of halogens is 2. The Bertz CT molecular complexity index is 1150. The van der Waals surface area contributed by atoms with E-state index >= 15 is 0 Å². The summed E-state index contributed by atoms with van der Waals surface area (Å²) in [5, 5.41) is 8.88. The molecule has 164 valence electrons. The number of thiazole rings is 1. The molecule has 1 heterocycles. The molecule has 1 aromatic heterocycles. The second-order valence-electron chi connectivity index (χ2n) is 7.24. The van der Waals surface area contributed by atoms with Gasteiger partial charge in [-0.05, 0) is 69.0 Å². The number of rotatable bonds is 7. The fraction of sp³-hybridized carbons (Fsp3) is 0.318. The molecule has 0 aliphatic rings. The highest BCUT2D eigenvalue weighted by atomic mass is 35.5. The first-order chi connectivity index (χ1) is 14.7. The maximum absolute atomic E-state index is 12.6. The van der Waals surface area contributed by atoms with Crippen LogP contribution in [0.4, 0.5) is 10.8 Å². The number of amides is 1. The van der Waals surface area contributed by atoms with E-state index in [0.29, 0.717) is 20.9 Å². The molecule has 0 bridgehead atoms. The lowest BCUT2D eigenvalue weighted by Crippen LogP contribution is -2.21. The van der Waals surface area contributed by atoms with Crippen molar-refractivity contribution in [2.75, 3.05) is 17.3 Å². The van der Waals surface area contributed by atoms with Gasteiger partial charge < -0.3 is 10.1 Å². The second kappa shape index (κ2) is 9.85. The standard InChI is InChI=1S/C22H24Cl2N4O2S/c1-6-13(4)27-28-22-25-17-8-11(2)19(14(5)21(17)31-22)26-18(29)10-30-20-12(3)7-15(23)9-16(20)24/h7-9H,6,10H2,1-5H3,(H,25,28)(H,26,29)/b27-13-. The van der Waals surface area contributed by atoms with Crippen LogP contribution >= 0.6 is 34.5 Å². The number of benzene rings is 2. The highest BCUT2D eigenvalue weighted by molar-refractivity contribution is 7.22. The molecule has 0 saturated carbocycles. The molecule has 0 fully saturated rings. The number of hydrazone groups is 1. The number of fused-ring (bicyclic) bond motifs is 1. The minimum Gasteiger partial charge on any atom is -0.482 e. The molecule has 0 radical (unpaired) electrons. The Kier molecular flexibility index (Phi) is 7.41.